The summed E-state index contributed by atoms with van der Waals surface area (Å²) < 4.78 is 59.1. The van der Waals surface area contributed by atoms with E-state index in [1.807, 2.05) is 0 Å². The van der Waals surface area contributed by atoms with Crippen LogP contribution in [0.3, 0.4) is 0 Å². The van der Waals surface area contributed by atoms with Gasteiger partial charge in [0, 0.05) is 13.0 Å². The number of aliphatic hydroxyl groups excluding tert-OH is 3. The predicted octanol–water partition coefficient (Wildman–Crippen LogP) is 10.6. The highest BCUT2D eigenvalue weighted by Crippen LogP contribution is 2.26. The van der Waals surface area contributed by atoms with Gasteiger partial charge in [-0.3, -0.25) is 9.35 Å². The van der Waals surface area contributed by atoms with Crippen LogP contribution in [0.4, 0.5) is 0 Å². The monoisotopic (exact) mass is 889 g/mol. The molecule has 1 saturated heterocycles. The second-order valence-corrected chi connectivity index (χ2v) is 17.7. The molecule has 0 aromatic rings. The van der Waals surface area contributed by atoms with Gasteiger partial charge in [-0.05, 0) is 70.6 Å². The van der Waals surface area contributed by atoms with Crippen LogP contribution in [-0.4, -0.2) is 97.5 Å². The maximum absolute atomic E-state index is 12.9. The minimum absolute atomic E-state index is 0.0279. The van der Waals surface area contributed by atoms with Gasteiger partial charge in [0.05, 0.1) is 19.8 Å². The quantitative estimate of drug-likeness (QED) is 0.0198. The van der Waals surface area contributed by atoms with E-state index in [0.29, 0.717) is 13.0 Å². The summed E-state index contributed by atoms with van der Waals surface area (Å²) >= 11 is 0. The predicted molar refractivity (Wildman–Crippen MR) is 243 cm³/mol. The van der Waals surface area contributed by atoms with Crippen LogP contribution < -0.4 is 0 Å². The number of hydrogen-bond donors (Lipinski definition) is 4. The maximum Gasteiger partial charge on any atom is 0.397 e. The molecule has 0 radical (unpaired) electrons. The van der Waals surface area contributed by atoms with Crippen molar-refractivity contribution in [2.75, 3.05) is 26.4 Å². The van der Waals surface area contributed by atoms with Gasteiger partial charge in [-0.2, -0.15) is 8.42 Å². The zero-order chi connectivity index (χ0) is 44.7. The zero-order valence-corrected chi connectivity index (χ0v) is 39.0. The molecule has 13 heteroatoms. The van der Waals surface area contributed by atoms with E-state index in [-0.39, 0.29) is 19.6 Å². The Balaban J connectivity index is 2.41. The van der Waals surface area contributed by atoms with Gasteiger partial charge < -0.3 is 34.3 Å². The van der Waals surface area contributed by atoms with Crippen molar-refractivity contribution in [3.8, 4) is 0 Å². The van der Waals surface area contributed by atoms with Gasteiger partial charge in [-0.15, -0.1) is 0 Å². The Hall–Kier alpha value is -1.68. The smallest absolute Gasteiger partial charge is 0.397 e. The van der Waals surface area contributed by atoms with Gasteiger partial charge in [0.1, 0.15) is 30.5 Å². The number of ether oxygens (including phenoxy) is 4. The van der Waals surface area contributed by atoms with E-state index in [0.717, 1.165) is 64.2 Å². The first-order chi connectivity index (χ1) is 29.6. The normalized spacial score (nSPS) is 20.4. The van der Waals surface area contributed by atoms with Gasteiger partial charge in [-0.25, -0.2) is 4.18 Å². The minimum atomic E-state index is -5.06. The van der Waals surface area contributed by atoms with Crippen molar-refractivity contribution < 1.29 is 56.2 Å². The first-order valence-corrected chi connectivity index (χ1v) is 25.6. The van der Waals surface area contributed by atoms with E-state index in [9.17, 15) is 33.1 Å². The Kier molecular flexibility index (Phi) is 37.5. The summed E-state index contributed by atoms with van der Waals surface area (Å²) in [5.41, 5.74) is 0. The average molecular weight is 889 g/mol. The lowest BCUT2D eigenvalue weighted by Crippen LogP contribution is -2.60. The van der Waals surface area contributed by atoms with Crippen LogP contribution in [0, 0.1) is 0 Å². The summed E-state index contributed by atoms with van der Waals surface area (Å²) in [6.45, 7) is 3.95. The zero-order valence-electron chi connectivity index (χ0n) is 38.2. The van der Waals surface area contributed by atoms with Crippen LogP contribution >= 0.6 is 0 Å². The second kappa shape index (κ2) is 39.9. The van der Waals surface area contributed by atoms with E-state index in [1.54, 1.807) is 0 Å². The lowest BCUT2D eigenvalue weighted by Gasteiger charge is -2.41. The van der Waals surface area contributed by atoms with E-state index in [1.165, 1.54) is 109 Å². The summed E-state index contributed by atoms with van der Waals surface area (Å²) in [7, 11) is -5.06. The Bertz CT molecular complexity index is 1210. The molecule has 1 aliphatic heterocycles. The van der Waals surface area contributed by atoms with E-state index < -0.39 is 59.8 Å². The molecule has 12 nitrogen and oxygen atoms in total. The number of allylic oxidation sites excluding steroid dienone is 6. The standard InChI is InChI=1S/C48H88O12S/c1-3-5-7-9-11-13-15-17-19-21-22-23-25-27-29-31-33-35-37-44(50)58-42(41-57-48-46(52)47(60-61(53,54)55)45(51)43(39-49)59-48)40-56-38-36-34-32-30-28-26-24-20-18-16-14-12-10-8-6-4-2/h12,14,18-21,42-43,45-49,51-52H,3-11,13,15-17,22-41H2,1-2H3,(H,53,54,55)/b14-12-,20-18-,21-19-. The third-order valence-electron chi connectivity index (χ3n) is 11.0. The molecule has 4 N–H and O–H groups in total. The fourth-order valence-electron chi connectivity index (χ4n) is 7.29. The number of rotatable bonds is 42. The van der Waals surface area contributed by atoms with E-state index >= 15 is 0 Å². The van der Waals surface area contributed by atoms with Gasteiger partial charge in [0.25, 0.3) is 0 Å². The molecule has 358 valence electrons. The van der Waals surface area contributed by atoms with Crippen molar-refractivity contribution in [2.24, 2.45) is 0 Å². The highest BCUT2D eigenvalue weighted by Gasteiger charge is 2.48. The Morgan fingerprint density at radius 3 is 1.61 bits per heavy atom. The molecule has 6 atom stereocenters. The van der Waals surface area contributed by atoms with Gasteiger partial charge in [-0.1, -0.05) is 159 Å². The molecule has 0 amide bonds. The molecule has 1 rings (SSSR count). The average Bonchev–Trinajstić information content (AvgIpc) is 3.23. The van der Waals surface area contributed by atoms with Crippen molar-refractivity contribution >= 4 is 16.4 Å². The van der Waals surface area contributed by atoms with Crippen molar-refractivity contribution in [3.63, 3.8) is 0 Å². The highest BCUT2D eigenvalue weighted by molar-refractivity contribution is 7.80. The number of esters is 1. The molecule has 6 unspecified atom stereocenters. The summed E-state index contributed by atoms with van der Waals surface area (Å²) in [4.78, 5) is 12.9. The maximum atomic E-state index is 12.9. The largest absolute Gasteiger partial charge is 0.457 e. The molecule has 0 aromatic carbocycles. The number of carbonyl (C=O) groups is 1. The summed E-state index contributed by atoms with van der Waals surface area (Å²) in [6, 6.07) is 0. The summed E-state index contributed by atoms with van der Waals surface area (Å²) in [5, 5.41) is 30.7. The molecule has 0 aliphatic carbocycles. The van der Waals surface area contributed by atoms with Crippen LogP contribution in [0.5, 0.6) is 0 Å². The van der Waals surface area contributed by atoms with Crippen LogP contribution in [0.1, 0.15) is 200 Å². The Morgan fingerprint density at radius 2 is 1.08 bits per heavy atom. The van der Waals surface area contributed by atoms with Crippen molar-refractivity contribution in [1.82, 2.24) is 0 Å². The van der Waals surface area contributed by atoms with Crippen molar-refractivity contribution in [1.29, 1.82) is 0 Å². The number of carbonyl (C=O) groups excluding carboxylic acids is 1. The third kappa shape index (κ3) is 33.5. The van der Waals surface area contributed by atoms with E-state index in [2.05, 4.69) is 54.5 Å². The lowest BCUT2D eigenvalue weighted by molar-refractivity contribution is -0.301. The topological polar surface area (TPSA) is 178 Å². The van der Waals surface area contributed by atoms with Gasteiger partial charge in [0.15, 0.2) is 6.29 Å². The minimum Gasteiger partial charge on any atom is -0.457 e. The molecule has 61 heavy (non-hydrogen) atoms. The fourth-order valence-corrected chi connectivity index (χ4v) is 7.79. The first-order valence-electron chi connectivity index (χ1n) is 24.2. The summed E-state index contributed by atoms with van der Waals surface area (Å²) in [6.07, 6.45) is 37.4. The first kappa shape index (κ1) is 57.3. The summed E-state index contributed by atoms with van der Waals surface area (Å²) in [5.74, 6) is -0.407. The SMILES string of the molecule is CCCCC/C=C\C/C=C\CCCCCCCCOCC(COC1OC(CO)C(O)C(OS(=O)(=O)O)C1O)OC(=O)CCCCCCCCC/C=C\CCCCCCCCC. The molecule has 1 heterocycles. The van der Waals surface area contributed by atoms with Crippen molar-refractivity contribution in [2.45, 2.75) is 237 Å². The Labute approximate surface area is 371 Å². The molecule has 1 fully saturated rings. The molecule has 0 spiro atoms. The van der Waals surface area contributed by atoms with Crippen LogP contribution in [0.25, 0.3) is 0 Å². The van der Waals surface area contributed by atoms with Gasteiger partial charge >= 0.3 is 16.4 Å². The lowest BCUT2D eigenvalue weighted by atomic mass is 9.99. The molecule has 1 aliphatic rings. The third-order valence-corrected chi connectivity index (χ3v) is 11.5. The number of unbranched alkanes of at least 4 members (excludes halogenated alkanes) is 23. The molecular weight excluding hydrogens is 801 g/mol. The fraction of sp³-hybridized carbons (Fsp3) is 0.854. The molecule has 0 saturated carbocycles. The van der Waals surface area contributed by atoms with Crippen LogP contribution in [0.15, 0.2) is 36.5 Å². The Morgan fingerprint density at radius 1 is 0.623 bits per heavy atom. The van der Waals surface area contributed by atoms with Gasteiger partial charge in [0.2, 0.25) is 0 Å². The number of hydrogen-bond acceptors (Lipinski definition) is 11. The second-order valence-electron chi connectivity index (χ2n) is 16.7. The highest BCUT2D eigenvalue weighted by atomic mass is 32.3. The molecule has 0 bridgehead atoms. The number of aliphatic hydroxyl groups is 3. The molecule has 0 aromatic heterocycles. The van der Waals surface area contributed by atoms with E-state index in [4.69, 9.17) is 18.9 Å². The van der Waals surface area contributed by atoms with Crippen molar-refractivity contribution in [3.05, 3.63) is 36.5 Å². The van der Waals surface area contributed by atoms with Crippen LogP contribution in [-0.2, 0) is 38.3 Å². The molecular formula is C48H88O12S. The van der Waals surface area contributed by atoms with Crippen LogP contribution in [0.2, 0.25) is 0 Å².